The zero-order valence-electron chi connectivity index (χ0n) is 15.1. The fourth-order valence-corrected chi connectivity index (χ4v) is 3.24. The van der Waals surface area contributed by atoms with E-state index in [9.17, 15) is 4.79 Å². The van der Waals surface area contributed by atoms with Crippen molar-refractivity contribution in [3.8, 4) is 5.69 Å². The van der Waals surface area contributed by atoms with E-state index in [-0.39, 0.29) is 11.9 Å². The summed E-state index contributed by atoms with van der Waals surface area (Å²) >= 11 is 0. The van der Waals surface area contributed by atoms with E-state index in [1.165, 1.54) is 17.3 Å². The Balaban J connectivity index is 1.35. The molecule has 4 aromatic rings. The molecule has 0 aliphatic rings. The minimum Gasteiger partial charge on any atom is -0.361 e. The molecule has 0 saturated heterocycles. The van der Waals surface area contributed by atoms with Crippen LogP contribution in [0.1, 0.15) is 30.5 Å². The maximum absolute atomic E-state index is 12.4. The Labute approximate surface area is 157 Å². The lowest BCUT2D eigenvalue weighted by atomic mass is 10.1. The number of H-pyrrole nitrogens is 1. The van der Waals surface area contributed by atoms with Crippen LogP contribution in [0.25, 0.3) is 16.6 Å². The highest BCUT2D eigenvalue weighted by Crippen LogP contribution is 2.19. The molecule has 27 heavy (non-hydrogen) atoms. The van der Waals surface area contributed by atoms with Crippen molar-refractivity contribution in [1.82, 2.24) is 25.1 Å². The highest BCUT2D eigenvalue weighted by atomic mass is 16.1. The summed E-state index contributed by atoms with van der Waals surface area (Å²) in [6.45, 7) is 1.99. The fraction of sp³-hybridized carbons (Fsp3) is 0.190. The van der Waals surface area contributed by atoms with Gasteiger partial charge in [0.05, 0.1) is 11.7 Å². The maximum atomic E-state index is 12.4. The number of carbonyl (C=O) groups excluding carboxylic acids is 1. The summed E-state index contributed by atoms with van der Waals surface area (Å²) in [6.07, 6.45) is 6.33. The summed E-state index contributed by atoms with van der Waals surface area (Å²) < 4.78 is 1.70. The minimum absolute atomic E-state index is 0.0492. The smallest absolute Gasteiger partial charge is 0.220 e. The van der Waals surface area contributed by atoms with E-state index in [1.807, 2.05) is 55.6 Å². The van der Waals surface area contributed by atoms with Crippen molar-refractivity contribution in [3.05, 3.63) is 78.5 Å². The van der Waals surface area contributed by atoms with Gasteiger partial charge < -0.3 is 10.3 Å². The van der Waals surface area contributed by atoms with E-state index in [0.29, 0.717) is 12.8 Å². The van der Waals surface area contributed by atoms with Gasteiger partial charge in [-0.15, -0.1) is 0 Å². The number of rotatable bonds is 6. The number of aromatic amines is 1. The third kappa shape index (κ3) is 3.74. The van der Waals surface area contributed by atoms with Crippen molar-refractivity contribution >= 4 is 16.8 Å². The molecule has 136 valence electrons. The highest BCUT2D eigenvalue weighted by Gasteiger charge is 2.11. The van der Waals surface area contributed by atoms with Gasteiger partial charge in [0.1, 0.15) is 12.7 Å². The minimum atomic E-state index is -0.0507. The van der Waals surface area contributed by atoms with Crippen LogP contribution in [-0.2, 0) is 11.2 Å². The Morgan fingerprint density at radius 1 is 1.19 bits per heavy atom. The normalized spacial score (nSPS) is 12.2. The largest absolute Gasteiger partial charge is 0.361 e. The fourth-order valence-electron chi connectivity index (χ4n) is 3.24. The second-order valence-corrected chi connectivity index (χ2v) is 6.58. The maximum Gasteiger partial charge on any atom is 0.220 e. The molecule has 1 atom stereocenters. The van der Waals surface area contributed by atoms with Crippen LogP contribution in [-0.4, -0.2) is 25.7 Å². The predicted molar refractivity (Wildman–Crippen MR) is 105 cm³/mol. The van der Waals surface area contributed by atoms with Crippen molar-refractivity contribution in [2.75, 3.05) is 0 Å². The van der Waals surface area contributed by atoms with Crippen LogP contribution < -0.4 is 5.32 Å². The number of hydrogen-bond acceptors (Lipinski definition) is 3. The van der Waals surface area contributed by atoms with Gasteiger partial charge >= 0.3 is 0 Å². The van der Waals surface area contributed by atoms with Crippen LogP contribution in [0.4, 0.5) is 0 Å². The van der Waals surface area contributed by atoms with Crippen LogP contribution in [0, 0.1) is 0 Å². The highest BCUT2D eigenvalue weighted by molar-refractivity contribution is 5.84. The van der Waals surface area contributed by atoms with Crippen LogP contribution in [0.3, 0.4) is 0 Å². The molecule has 0 bridgehead atoms. The molecule has 1 amide bonds. The first-order valence-corrected chi connectivity index (χ1v) is 9.00. The van der Waals surface area contributed by atoms with Gasteiger partial charge in [-0.25, -0.2) is 9.67 Å². The number of hydrogen-bond donors (Lipinski definition) is 2. The topological polar surface area (TPSA) is 75.6 Å². The molecule has 4 rings (SSSR count). The zero-order chi connectivity index (χ0) is 18.6. The summed E-state index contributed by atoms with van der Waals surface area (Å²) in [5.41, 5.74) is 4.27. The van der Waals surface area contributed by atoms with E-state index in [0.717, 1.165) is 16.8 Å². The number of aromatic nitrogens is 4. The van der Waals surface area contributed by atoms with Gasteiger partial charge in [-0.05, 0) is 42.7 Å². The summed E-state index contributed by atoms with van der Waals surface area (Å²) in [5.74, 6) is 0.0492. The molecular formula is C21H21N5O. The molecule has 0 radical (unpaired) electrons. The molecule has 2 aromatic heterocycles. The summed E-state index contributed by atoms with van der Waals surface area (Å²) in [5, 5.41) is 8.37. The number of aryl methyl sites for hydroxylation is 1. The number of amides is 1. The number of fused-ring (bicyclic) bond motifs is 1. The van der Waals surface area contributed by atoms with Crippen molar-refractivity contribution in [1.29, 1.82) is 0 Å². The van der Waals surface area contributed by atoms with E-state index >= 15 is 0 Å². The second-order valence-electron chi connectivity index (χ2n) is 6.58. The number of para-hydroxylation sites is 1. The molecule has 0 aliphatic carbocycles. The molecule has 6 nitrogen and oxygen atoms in total. The van der Waals surface area contributed by atoms with Crippen molar-refractivity contribution < 1.29 is 4.79 Å². The molecule has 0 saturated carbocycles. The zero-order valence-corrected chi connectivity index (χ0v) is 15.1. The van der Waals surface area contributed by atoms with Crippen LogP contribution in [0.15, 0.2) is 67.4 Å². The quantitative estimate of drug-likeness (QED) is 0.553. The summed E-state index contributed by atoms with van der Waals surface area (Å²) in [7, 11) is 0. The Kier molecular flexibility index (Phi) is 4.70. The number of carbonyl (C=O) groups is 1. The van der Waals surface area contributed by atoms with Crippen molar-refractivity contribution in [2.24, 2.45) is 0 Å². The SMILES string of the molecule is C[C@H](NC(=O)CCc1c[nH]c2ccccc12)c1ccc(-n2cncn2)cc1. The first-order valence-electron chi connectivity index (χ1n) is 9.00. The lowest BCUT2D eigenvalue weighted by Crippen LogP contribution is -2.26. The Hall–Kier alpha value is -3.41. The molecule has 2 N–H and O–H groups in total. The summed E-state index contributed by atoms with van der Waals surface area (Å²) in [6, 6.07) is 16.0. The molecule has 0 fully saturated rings. The van der Waals surface area contributed by atoms with Gasteiger partial charge in [0, 0.05) is 23.5 Å². The average Bonchev–Trinajstić information content (AvgIpc) is 3.37. The molecule has 0 aliphatic heterocycles. The number of nitrogens with zero attached hydrogens (tertiary/aromatic N) is 3. The Morgan fingerprint density at radius 3 is 2.78 bits per heavy atom. The van der Waals surface area contributed by atoms with Gasteiger partial charge in [-0.3, -0.25) is 4.79 Å². The molecule has 0 unspecified atom stereocenters. The monoisotopic (exact) mass is 359 g/mol. The summed E-state index contributed by atoms with van der Waals surface area (Å²) in [4.78, 5) is 19.6. The second kappa shape index (κ2) is 7.45. The molecular weight excluding hydrogens is 338 g/mol. The Morgan fingerprint density at radius 2 is 2.00 bits per heavy atom. The molecule has 2 aromatic carbocycles. The van der Waals surface area contributed by atoms with E-state index in [1.54, 1.807) is 11.0 Å². The van der Waals surface area contributed by atoms with Crippen LogP contribution >= 0.6 is 0 Å². The van der Waals surface area contributed by atoms with Gasteiger partial charge in [0.2, 0.25) is 5.91 Å². The number of benzene rings is 2. The van der Waals surface area contributed by atoms with Gasteiger partial charge in [-0.1, -0.05) is 30.3 Å². The van der Waals surface area contributed by atoms with Gasteiger partial charge in [0.15, 0.2) is 0 Å². The Bertz CT molecular complexity index is 1030. The first kappa shape index (κ1) is 17.0. The van der Waals surface area contributed by atoms with E-state index < -0.39 is 0 Å². The van der Waals surface area contributed by atoms with Crippen molar-refractivity contribution in [3.63, 3.8) is 0 Å². The van der Waals surface area contributed by atoms with E-state index in [2.05, 4.69) is 26.4 Å². The van der Waals surface area contributed by atoms with Gasteiger partial charge in [-0.2, -0.15) is 5.10 Å². The third-order valence-electron chi connectivity index (χ3n) is 4.75. The molecule has 0 spiro atoms. The lowest BCUT2D eigenvalue weighted by Gasteiger charge is -2.15. The first-order chi connectivity index (χ1) is 13.2. The average molecular weight is 359 g/mol. The van der Waals surface area contributed by atoms with Crippen molar-refractivity contribution in [2.45, 2.75) is 25.8 Å². The van der Waals surface area contributed by atoms with Gasteiger partial charge in [0.25, 0.3) is 0 Å². The van der Waals surface area contributed by atoms with Crippen LogP contribution in [0.5, 0.6) is 0 Å². The molecule has 2 heterocycles. The van der Waals surface area contributed by atoms with E-state index in [4.69, 9.17) is 0 Å². The third-order valence-corrected chi connectivity index (χ3v) is 4.75. The molecule has 6 heteroatoms. The predicted octanol–water partition coefficient (Wildman–Crippen LogP) is 3.56. The lowest BCUT2D eigenvalue weighted by molar-refractivity contribution is -0.121. The number of nitrogens with one attached hydrogen (secondary N) is 2. The standard InChI is InChI=1S/C21H21N5O/c1-15(16-6-9-18(10-7-16)26-14-22-13-24-26)25-21(27)11-8-17-12-23-20-5-3-2-4-19(17)20/h2-7,9-10,12-15,23H,8,11H2,1H3,(H,25,27)/t15-/m0/s1. The van der Waals surface area contributed by atoms with Crippen LogP contribution in [0.2, 0.25) is 0 Å².